The summed E-state index contributed by atoms with van der Waals surface area (Å²) in [5.41, 5.74) is 0.852. The van der Waals surface area contributed by atoms with Crippen molar-refractivity contribution in [2.24, 2.45) is 11.8 Å². The molecule has 1 aliphatic carbocycles. The van der Waals surface area contributed by atoms with Crippen molar-refractivity contribution in [1.82, 2.24) is 15.1 Å². The van der Waals surface area contributed by atoms with Crippen LogP contribution in [0.15, 0.2) is 6.20 Å². The largest absolute Gasteiger partial charge is 0.388 e. The molecule has 0 spiro atoms. The van der Waals surface area contributed by atoms with E-state index in [1.54, 1.807) is 13.1 Å². The third-order valence-corrected chi connectivity index (χ3v) is 4.91. The highest BCUT2D eigenvalue weighted by Gasteiger charge is 2.33. The summed E-state index contributed by atoms with van der Waals surface area (Å²) in [4.78, 5) is 12.6. The van der Waals surface area contributed by atoms with Gasteiger partial charge >= 0.3 is 0 Å². The summed E-state index contributed by atoms with van der Waals surface area (Å²) < 4.78 is 1.99. The van der Waals surface area contributed by atoms with Gasteiger partial charge in [0, 0.05) is 19.0 Å². The lowest BCUT2D eigenvalue weighted by Gasteiger charge is -2.29. The molecule has 0 bridgehead atoms. The van der Waals surface area contributed by atoms with Gasteiger partial charge in [-0.1, -0.05) is 34.1 Å². The normalized spacial score (nSPS) is 18.7. The number of hydrogen-bond acceptors (Lipinski definition) is 3. The summed E-state index contributed by atoms with van der Waals surface area (Å²) >= 11 is 0. The maximum Gasteiger partial charge on any atom is 0.254 e. The Balaban J connectivity index is 2.09. The van der Waals surface area contributed by atoms with Crippen LogP contribution in [0.3, 0.4) is 0 Å². The number of rotatable bonds is 8. The van der Waals surface area contributed by atoms with Gasteiger partial charge in [-0.2, -0.15) is 5.10 Å². The molecule has 5 heteroatoms. The summed E-state index contributed by atoms with van der Waals surface area (Å²) in [6, 6.07) is 0. The molecule has 0 aliphatic heterocycles. The highest BCUT2D eigenvalue weighted by atomic mass is 16.3. The monoisotopic (exact) mass is 321 g/mol. The van der Waals surface area contributed by atoms with Crippen LogP contribution in [0.5, 0.6) is 0 Å². The van der Waals surface area contributed by atoms with E-state index in [9.17, 15) is 9.90 Å². The Kier molecular flexibility index (Phi) is 5.50. The predicted octanol–water partition coefficient (Wildman–Crippen LogP) is 2.94. The van der Waals surface area contributed by atoms with Crippen molar-refractivity contribution in [3.63, 3.8) is 0 Å². The van der Waals surface area contributed by atoms with Crippen LogP contribution < -0.4 is 5.32 Å². The maximum absolute atomic E-state index is 12.6. The Morgan fingerprint density at radius 3 is 2.65 bits per heavy atom. The van der Waals surface area contributed by atoms with E-state index in [2.05, 4.69) is 24.3 Å². The number of carbonyl (C=O) groups excluding carboxylic acids is 1. The smallest absolute Gasteiger partial charge is 0.254 e. The molecule has 130 valence electrons. The molecule has 2 N–H and O–H groups in total. The van der Waals surface area contributed by atoms with E-state index in [0.717, 1.165) is 31.5 Å². The molecule has 0 aromatic carbocycles. The highest BCUT2D eigenvalue weighted by Crippen LogP contribution is 2.41. The van der Waals surface area contributed by atoms with Crippen molar-refractivity contribution in [2.75, 3.05) is 6.54 Å². The first-order valence-corrected chi connectivity index (χ1v) is 8.82. The fraction of sp³-hybridized carbons (Fsp3) is 0.778. The zero-order valence-electron chi connectivity index (χ0n) is 15.1. The standard InChI is InChI=1S/C18H31N3O2/c1-6-13(4)18(5,23)11-19-17(22)15-9-20-21(10-12(2)3)16(15)14-7-8-14/h9,12-14,23H,6-8,10-11H2,1-5H3,(H,19,22). The summed E-state index contributed by atoms with van der Waals surface area (Å²) in [6.45, 7) is 11.2. The Morgan fingerprint density at radius 1 is 1.48 bits per heavy atom. The van der Waals surface area contributed by atoms with Crippen LogP contribution in [0.2, 0.25) is 0 Å². The van der Waals surface area contributed by atoms with E-state index < -0.39 is 5.60 Å². The first kappa shape index (κ1) is 18.0. The lowest BCUT2D eigenvalue weighted by Crippen LogP contribution is -2.45. The molecule has 23 heavy (non-hydrogen) atoms. The summed E-state index contributed by atoms with van der Waals surface area (Å²) in [5.74, 6) is 0.973. The molecule has 0 radical (unpaired) electrons. The van der Waals surface area contributed by atoms with Crippen molar-refractivity contribution in [3.05, 3.63) is 17.5 Å². The molecule has 1 fully saturated rings. The first-order valence-electron chi connectivity index (χ1n) is 8.82. The molecular formula is C18H31N3O2. The van der Waals surface area contributed by atoms with Crippen LogP contribution in [0.25, 0.3) is 0 Å². The van der Waals surface area contributed by atoms with Gasteiger partial charge in [-0.25, -0.2) is 0 Å². The Labute approximate surface area is 139 Å². The van der Waals surface area contributed by atoms with Crippen LogP contribution >= 0.6 is 0 Å². The molecule has 2 rings (SSSR count). The maximum atomic E-state index is 12.6. The van der Waals surface area contributed by atoms with Gasteiger partial charge in [0.2, 0.25) is 0 Å². The van der Waals surface area contributed by atoms with Crippen molar-refractivity contribution in [1.29, 1.82) is 0 Å². The summed E-state index contributed by atoms with van der Waals surface area (Å²) in [6.07, 6.45) is 4.83. The molecule has 1 saturated carbocycles. The number of hydrogen-bond donors (Lipinski definition) is 2. The van der Waals surface area contributed by atoms with Crippen LogP contribution in [0, 0.1) is 11.8 Å². The summed E-state index contributed by atoms with van der Waals surface area (Å²) in [5, 5.41) is 17.8. The second-order valence-electron chi connectivity index (χ2n) is 7.64. The van der Waals surface area contributed by atoms with Crippen molar-refractivity contribution < 1.29 is 9.90 Å². The minimum atomic E-state index is -0.891. The molecule has 5 nitrogen and oxygen atoms in total. The number of carbonyl (C=O) groups is 1. The quantitative estimate of drug-likeness (QED) is 0.773. The van der Waals surface area contributed by atoms with Gasteiger partial charge < -0.3 is 10.4 Å². The molecule has 0 saturated heterocycles. The number of aliphatic hydroxyl groups is 1. The second-order valence-corrected chi connectivity index (χ2v) is 7.64. The zero-order valence-corrected chi connectivity index (χ0v) is 15.1. The fourth-order valence-electron chi connectivity index (χ4n) is 2.82. The highest BCUT2D eigenvalue weighted by molar-refractivity contribution is 5.95. The lowest BCUT2D eigenvalue weighted by molar-refractivity contribution is 0.00591. The fourth-order valence-corrected chi connectivity index (χ4v) is 2.82. The van der Waals surface area contributed by atoms with Gasteiger partial charge in [0.1, 0.15) is 0 Å². The Hall–Kier alpha value is -1.36. The Bertz CT molecular complexity index is 544. The number of nitrogens with zero attached hydrogens (tertiary/aromatic N) is 2. The van der Waals surface area contributed by atoms with Crippen LogP contribution in [-0.4, -0.2) is 32.9 Å². The molecule has 1 aromatic rings. The second kappa shape index (κ2) is 7.04. The minimum absolute atomic E-state index is 0.120. The molecule has 2 unspecified atom stereocenters. The van der Waals surface area contributed by atoms with E-state index in [0.29, 0.717) is 17.4 Å². The SMILES string of the molecule is CCC(C)C(C)(O)CNC(=O)c1cnn(CC(C)C)c1C1CC1. The van der Waals surface area contributed by atoms with Crippen LogP contribution in [0.1, 0.15) is 75.9 Å². The predicted molar refractivity (Wildman–Crippen MR) is 91.5 cm³/mol. The average molecular weight is 321 g/mol. The first-order chi connectivity index (χ1) is 10.8. The van der Waals surface area contributed by atoms with Gasteiger partial charge in [-0.05, 0) is 31.6 Å². The lowest BCUT2D eigenvalue weighted by atomic mass is 9.88. The molecular weight excluding hydrogens is 290 g/mol. The van der Waals surface area contributed by atoms with Crippen LogP contribution in [-0.2, 0) is 6.54 Å². The third-order valence-electron chi connectivity index (χ3n) is 4.91. The molecule has 1 aliphatic rings. The van der Waals surface area contributed by atoms with E-state index >= 15 is 0 Å². The van der Waals surface area contributed by atoms with Gasteiger partial charge in [0.25, 0.3) is 5.91 Å². The van der Waals surface area contributed by atoms with Gasteiger partial charge in [-0.3, -0.25) is 9.48 Å². The molecule has 2 atom stereocenters. The average Bonchev–Trinajstić information content (AvgIpc) is 3.24. The van der Waals surface area contributed by atoms with E-state index in [1.165, 1.54) is 0 Å². The van der Waals surface area contributed by atoms with Gasteiger partial charge in [0.05, 0.1) is 23.1 Å². The zero-order chi connectivity index (χ0) is 17.2. The molecule has 1 heterocycles. The van der Waals surface area contributed by atoms with Crippen LogP contribution in [0.4, 0.5) is 0 Å². The number of nitrogens with one attached hydrogen (secondary N) is 1. The van der Waals surface area contributed by atoms with Gasteiger partial charge in [-0.15, -0.1) is 0 Å². The third kappa shape index (κ3) is 4.34. The number of aromatic nitrogens is 2. The topological polar surface area (TPSA) is 67.2 Å². The van der Waals surface area contributed by atoms with Crippen molar-refractivity contribution in [3.8, 4) is 0 Å². The molecule has 1 amide bonds. The number of amides is 1. The molecule has 1 aromatic heterocycles. The van der Waals surface area contributed by atoms with E-state index in [1.807, 2.05) is 18.5 Å². The Morgan fingerprint density at radius 2 is 2.13 bits per heavy atom. The minimum Gasteiger partial charge on any atom is -0.388 e. The van der Waals surface area contributed by atoms with Crippen molar-refractivity contribution in [2.45, 2.75) is 71.9 Å². The van der Waals surface area contributed by atoms with Crippen molar-refractivity contribution >= 4 is 5.91 Å². The van der Waals surface area contributed by atoms with Gasteiger partial charge in [0.15, 0.2) is 0 Å². The summed E-state index contributed by atoms with van der Waals surface area (Å²) in [7, 11) is 0. The van der Waals surface area contributed by atoms with E-state index in [-0.39, 0.29) is 18.4 Å². The van der Waals surface area contributed by atoms with E-state index in [4.69, 9.17) is 0 Å².